The van der Waals surface area contributed by atoms with Gasteiger partial charge in [0.05, 0.1) is 11.8 Å². The van der Waals surface area contributed by atoms with Crippen LogP contribution < -0.4 is 0 Å². The average Bonchev–Trinajstić information content (AvgIpc) is 2.64. The molecule has 0 bridgehead atoms. The lowest BCUT2D eigenvalue weighted by Crippen LogP contribution is -2.14. The lowest BCUT2D eigenvalue weighted by atomic mass is 9.77. The SMILES string of the molecule is Cc1nn(C)c(C)c1CC(O)c1ccccc1C1CCC1. The third-order valence-corrected chi connectivity index (χ3v) is 4.96. The minimum atomic E-state index is -0.441. The second-order valence-electron chi connectivity index (χ2n) is 6.25. The molecule has 1 fully saturated rings. The van der Waals surface area contributed by atoms with Gasteiger partial charge in [-0.2, -0.15) is 5.10 Å². The summed E-state index contributed by atoms with van der Waals surface area (Å²) in [5.74, 6) is 0.645. The van der Waals surface area contributed by atoms with Gasteiger partial charge in [0, 0.05) is 19.2 Å². The van der Waals surface area contributed by atoms with Gasteiger partial charge in [-0.25, -0.2) is 0 Å². The first kappa shape index (κ1) is 14.3. The van der Waals surface area contributed by atoms with Crippen LogP contribution in [0.15, 0.2) is 24.3 Å². The fraction of sp³-hybridized carbons (Fsp3) is 0.500. The van der Waals surface area contributed by atoms with E-state index in [9.17, 15) is 5.11 Å². The molecule has 21 heavy (non-hydrogen) atoms. The summed E-state index contributed by atoms with van der Waals surface area (Å²) in [6, 6.07) is 8.39. The first-order valence-electron chi connectivity index (χ1n) is 7.84. The number of aliphatic hydroxyl groups is 1. The molecule has 0 amide bonds. The van der Waals surface area contributed by atoms with Crippen LogP contribution in [-0.4, -0.2) is 14.9 Å². The molecule has 0 radical (unpaired) electrons. The number of nitrogens with zero attached hydrogens (tertiary/aromatic N) is 2. The average molecular weight is 284 g/mol. The number of aromatic nitrogens is 2. The van der Waals surface area contributed by atoms with E-state index in [0.717, 1.165) is 17.0 Å². The maximum atomic E-state index is 10.7. The highest BCUT2D eigenvalue weighted by Crippen LogP contribution is 2.40. The third-order valence-electron chi connectivity index (χ3n) is 4.96. The van der Waals surface area contributed by atoms with Crippen molar-refractivity contribution < 1.29 is 5.11 Å². The van der Waals surface area contributed by atoms with Crippen molar-refractivity contribution in [1.29, 1.82) is 0 Å². The van der Waals surface area contributed by atoms with Crippen LogP contribution in [0.1, 0.15) is 59.4 Å². The summed E-state index contributed by atoms with van der Waals surface area (Å²) >= 11 is 0. The van der Waals surface area contributed by atoms with E-state index in [1.807, 2.05) is 24.7 Å². The van der Waals surface area contributed by atoms with Gasteiger partial charge in [-0.15, -0.1) is 0 Å². The highest BCUT2D eigenvalue weighted by molar-refractivity contribution is 5.35. The minimum Gasteiger partial charge on any atom is -0.388 e. The van der Waals surface area contributed by atoms with E-state index in [4.69, 9.17) is 0 Å². The first-order valence-corrected chi connectivity index (χ1v) is 7.84. The maximum Gasteiger partial charge on any atom is 0.0834 e. The van der Waals surface area contributed by atoms with Crippen molar-refractivity contribution in [3.05, 3.63) is 52.3 Å². The van der Waals surface area contributed by atoms with E-state index >= 15 is 0 Å². The summed E-state index contributed by atoms with van der Waals surface area (Å²) in [4.78, 5) is 0. The van der Waals surface area contributed by atoms with Gasteiger partial charge in [0.15, 0.2) is 0 Å². The van der Waals surface area contributed by atoms with Crippen LogP contribution in [0.25, 0.3) is 0 Å². The molecule has 1 N–H and O–H groups in total. The zero-order chi connectivity index (χ0) is 15.0. The quantitative estimate of drug-likeness (QED) is 0.932. The van der Waals surface area contributed by atoms with Gasteiger partial charge in [0.2, 0.25) is 0 Å². The molecule has 0 saturated heterocycles. The van der Waals surface area contributed by atoms with Gasteiger partial charge in [-0.3, -0.25) is 4.68 Å². The second-order valence-corrected chi connectivity index (χ2v) is 6.25. The van der Waals surface area contributed by atoms with Crippen molar-refractivity contribution in [2.24, 2.45) is 7.05 Å². The summed E-state index contributed by atoms with van der Waals surface area (Å²) < 4.78 is 1.90. The first-order chi connectivity index (χ1) is 10.1. The van der Waals surface area contributed by atoms with E-state index in [1.54, 1.807) is 0 Å². The zero-order valence-electron chi connectivity index (χ0n) is 13.1. The molecule has 1 atom stereocenters. The molecule has 3 nitrogen and oxygen atoms in total. The second kappa shape index (κ2) is 5.64. The van der Waals surface area contributed by atoms with E-state index in [-0.39, 0.29) is 0 Å². The highest BCUT2D eigenvalue weighted by Gasteiger charge is 2.25. The van der Waals surface area contributed by atoms with Gasteiger partial charge >= 0.3 is 0 Å². The molecule has 1 saturated carbocycles. The van der Waals surface area contributed by atoms with E-state index < -0.39 is 6.10 Å². The molecule has 0 spiro atoms. The Bertz CT molecular complexity index is 641. The fourth-order valence-electron chi connectivity index (χ4n) is 3.32. The van der Waals surface area contributed by atoms with Crippen molar-refractivity contribution in [1.82, 2.24) is 9.78 Å². The Morgan fingerprint density at radius 2 is 2.00 bits per heavy atom. The van der Waals surface area contributed by atoms with Crippen molar-refractivity contribution >= 4 is 0 Å². The Morgan fingerprint density at radius 3 is 2.57 bits per heavy atom. The number of hydrogen-bond donors (Lipinski definition) is 1. The number of rotatable bonds is 4. The summed E-state index contributed by atoms with van der Waals surface area (Å²) in [5.41, 5.74) is 5.79. The zero-order valence-corrected chi connectivity index (χ0v) is 13.1. The van der Waals surface area contributed by atoms with Gasteiger partial charge in [-0.1, -0.05) is 30.7 Å². The van der Waals surface area contributed by atoms with Crippen molar-refractivity contribution in [2.45, 2.75) is 51.6 Å². The van der Waals surface area contributed by atoms with Crippen LogP contribution in [0.3, 0.4) is 0 Å². The van der Waals surface area contributed by atoms with Crippen LogP contribution in [0.4, 0.5) is 0 Å². The van der Waals surface area contributed by atoms with Crippen LogP contribution in [-0.2, 0) is 13.5 Å². The molecular formula is C18H24N2O. The maximum absolute atomic E-state index is 10.7. The standard InChI is InChI=1S/C18H24N2O/c1-12-17(13(2)20(3)19-12)11-18(21)16-10-5-4-9-15(16)14-7-6-8-14/h4-5,9-10,14,18,21H,6-8,11H2,1-3H3. The number of hydrogen-bond acceptors (Lipinski definition) is 2. The molecule has 3 heteroatoms. The molecule has 3 rings (SSSR count). The van der Waals surface area contributed by atoms with Gasteiger partial charge in [0.1, 0.15) is 0 Å². The van der Waals surface area contributed by atoms with Crippen molar-refractivity contribution in [3.8, 4) is 0 Å². The summed E-state index contributed by atoms with van der Waals surface area (Å²) in [6.07, 6.45) is 4.04. The smallest absolute Gasteiger partial charge is 0.0834 e. The number of aryl methyl sites for hydroxylation is 2. The van der Waals surface area contributed by atoms with Crippen LogP contribution in [0.5, 0.6) is 0 Å². The predicted octanol–water partition coefficient (Wildman–Crippen LogP) is 3.58. The van der Waals surface area contributed by atoms with E-state index in [1.165, 1.54) is 30.4 Å². The summed E-state index contributed by atoms with van der Waals surface area (Å²) in [7, 11) is 1.96. The fourth-order valence-corrected chi connectivity index (χ4v) is 3.32. The van der Waals surface area contributed by atoms with Crippen LogP contribution >= 0.6 is 0 Å². The minimum absolute atomic E-state index is 0.441. The Hall–Kier alpha value is -1.61. The Balaban J connectivity index is 1.87. The van der Waals surface area contributed by atoms with Crippen molar-refractivity contribution in [2.75, 3.05) is 0 Å². The van der Waals surface area contributed by atoms with Crippen LogP contribution in [0, 0.1) is 13.8 Å². The lowest BCUT2D eigenvalue weighted by molar-refractivity contribution is 0.175. The number of benzene rings is 1. The Kier molecular flexibility index (Phi) is 3.85. The molecule has 1 aromatic carbocycles. The normalized spacial score (nSPS) is 16.8. The molecule has 1 aliphatic rings. The Labute approximate surface area is 126 Å². The van der Waals surface area contributed by atoms with E-state index in [0.29, 0.717) is 12.3 Å². The van der Waals surface area contributed by atoms with E-state index in [2.05, 4.69) is 30.2 Å². The van der Waals surface area contributed by atoms with Crippen molar-refractivity contribution in [3.63, 3.8) is 0 Å². The predicted molar refractivity (Wildman–Crippen MR) is 84.4 cm³/mol. The molecule has 1 heterocycles. The van der Waals surface area contributed by atoms with Crippen LogP contribution in [0.2, 0.25) is 0 Å². The molecule has 1 aliphatic carbocycles. The molecule has 112 valence electrons. The Morgan fingerprint density at radius 1 is 1.29 bits per heavy atom. The molecular weight excluding hydrogens is 260 g/mol. The molecule has 2 aromatic rings. The third kappa shape index (κ3) is 2.62. The van der Waals surface area contributed by atoms with Gasteiger partial charge in [-0.05, 0) is 49.3 Å². The largest absolute Gasteiger partial charge is 0.388 e. The molecule has 1 unspecified atom stereocenters. The van der Waals surface area contributed by atoms with Gasteiger partial charge in [0.25, 0.3) is 0 Å². The monoisotopic (exact) mass is 284 g/mol. The lowest BCUT2D eigenvalue weighted by Gasteiger charge is -2.29. The molecule has 0 aliphatic heterocycles. The molecule has 1 aromatic heterocycles. The van der Waals surface area contributed by atoms with Gasteiger partial charge < -0.3 is 5.11 Å². The highest BCUT2D eigenvalue weighted by atomic mass is 16.3. The summed E-state index contributed by atoms with van der Waals surface area (Å²) in [5, 5.41) is 15.2. The topological polar surface area (TPSA) is 38.0 Å². The summed E-state index contributed by atoms with van der Waals surface area (Å²) in [6.45, 7) is 4.09. The number of aliphatic hydroxyl groups excluding tert-OH is 1.